The van der Waals surface area contributed by atoms with Crippen LogP contribution < -0.4 is 10.2 Å². The van der Waals surface area contributed by atoms with Gasteiger partial charge in [0.15, 0.2) is 0 Å². The summed E-state index contributed by atoms with van der Waals surface area (Å²) in [6.45, 7) is 5.83. The predicted octanol–water partition coefficient (Wildman–Crippen LogP) is 4.69. The molecule has 0 spiro atoms. The molecule has 114 valence electrons. The maximum Gasteiger partial charge on any atom is 0.128 e. The highest BCUT2D eigenvalue weighted by molar-refractivity contribution is 9.10. The molecule has 0 saturated carbocycles. The molecule has 0 saturated heterocycles. The topological polar surface area (TPSA) is 28.2 Å². The van der Waals surface area contributed by atoms with Gasteiger partial charge in [0.1, 0.15) is 5.82 Å². The molecule has 2 heterocycles. The predicted molar refractivity (Wildman–Crippen MR) is 95.3 cm³/mol. The zero-order chi connectivity index (χ0) is 15.4. The molecular formula is C15H19BrClN3S. The number of aromatic nitrogens is 1. The zero-order valence-electron chi connectivity index (χ0n) is 12.4. The summed E-state index contributed by atoms with van der Waals surface area (Å²) in [6, 6.07) is 4.62. The van der Waals surface area contributed by atoms with E-state index in [0.29, 0.717) is 11.1 Å². The first-order chi connectivity index (χ1) is 9.95. The first-order valence-corrected chi connectivity index (χ1v) is 8.82. The number of anilines is 1. The fourth-order valence-corrected chi connectivity index (χ4v) is 3.55. The summed E-state index contributed by atoms with van der Waals surface area (Å²) in [5.41, 5.74) is 1.08. The second-order valence-corrected chi connectivity index (χ2v) is 7.58. The van der Waals surface area contributed by atoms with Crippen molar-refractivity contribution in [1.29, 1.82) is 0 Å². The van der Waals surface area contributed by atoms with Crippen LogP contribution in [0.25, 0.3) is 0 Å². The van der Waals surface area contributed by atoms with Crippen LogP contribution in [0.2, 0.25) is 5.02 Å². The molecule has 21 heavy (non-hydrogen) atoms. The van der Waals surface area contributed by atoms with E-state index in [0.717, 1.165) is 28.9 Å². The number of pyridine rings is 1. The summed E-state index contributed by atoms with van der Waals surface area (Å²) in [5, 5.41) is 6.19. The van der Waals surface area contributed by atoms with Crippen molar-refractivity contribution in [1.82, 2.24) is 10.3 Å². The van der Waals surface area contributed by atoms with Gasteiger partial charge in [0, 0.05) is 40.6 Å². The molecular weight excluding hydrogens is 370 g/mol. The first-order valence-electron chi connectivity index (χ1n) is 6.77. The summed E-state index contributed by atoms with van der Waals surface area (Å²) in [5.74, 6) is 0.935. The summed E-state index contributed by atoms with van der Waals surface area (Å²) in [7, 11) is 2.05. The number of halogens is 2. The third-order valence-corrected chi connectivity index (χ3v) is 5.05. The van der Waals surface area contributed by atoms with Crippen LogP contribution in [0.1, 0.15) is 24.3 Å². The Hall–Kier alpha value is -0.620. The minimum atomic E-state index is 0.430. The third-order valence-electron chi connectivity index (χ3n) is 3.03. The number of nitrogens with zero attached hydrogens (tertiary/aromatic N) is 2. The molecule has 6 heteroatoms. The van der Waals surface area contributed by atoms with E-state index in [4.69, 9.17) is 11.6 Å². The highest BCUT2D eigenvalue weighted by Crippen LogP contribution is 2.24. The minimum Gasteiger partial charge on any atom is -0.355 e. The van der Waals surface area contributed by atoms with Crippen LogP contribution in [-0.2, 0) is 13.1 Å². The molecule has 0 radical (unpaired) electrons. The van der Waals surface area contributed by atoms with Crippen molar-refractivity contribution in [3.63, 3.8) is 0 Å². The summed E-state index contributed by atoms with van der Waals surface area (Å²) < 4.78 is 1.13. The van der Waals surface area contributed by atoms with Gasteiger partial charge in [-0.15, -0.1) is 11.3 Å². The molecule has 0 atom stereocenters. The number of hydrogen-bond acceptors (Lipinski definition) is 4. The lowest BCUT2D eigenvalue weighted by Crippen LogP contribution is -2.23. The fourth-order valence-electron chi connectivity index (χ4n) is 1.88. The molecule has 0 aliphatic heterocycles. The van der Waals surface area contributed by atoms with Gasteiger partial charge < -0.3 is 10.2 Å². The quantitative estimate of drug-likeness (QED) is 0.778. The van der Waals surface area contributed by atoms with Gasteiger partial charge in [0.2, 0.25) is 0 Å². The van der Waals surface area contributed by atoms with Crippen LogP contribution >= 0.6 is 38.9 Å². The van der Waals surface area contributed by atoms with Crippen molar-refractivity contribution >= 4 is 44.7 Å². The van der Waals surface area contributed by atoms with E-state index >= 15 is 0 Å². The van der Waals surface area contributed by atoms with Crippen molar-refractivity contribution in [2.45, 2.75) is 33.0 Å². The maximum absolute atomic E-state index is 6.22. The van der Waals surface area contributed by atoms with E-state index in [-0.39, 0.29) is 0 Å². The van der Waals surface area contributed by atoms with Crippen molar-refractivity contribution in [3.05, 3.63) is 43.6 Å². The molecule has 0 aromatic carbocycles. The number of hydrogen-bond donors (Lipinski definition) is 1. The van der Waals surface area contributed by atoms with Gasteiger partial charge >= 0.3 is 0 Å². The van der Waals surface area contributed by atoms with Crippen LogP contribution in [-0.4, -0.2) is 18.1 Å². The van der Waals surface area contributed by atoms with E-state index in [1.165, 1.54) is 4.88 Å². The molecule has 0 bridgehead atoms. The Balaban J connectivity index is 2.09. The van der Waals surface area contributed by atoms with Crippen LogP contribution in [0.5, 0.6) is 0 Å². The lowest BCUT2D eigenvalue weighted by Gasteiger charge is -2.19. The molecule has 3 nitrogen and oxygen atoms in total. The normalized spacial score (nSPS) is 11.1. The van der Waals surface area contributed by atoms with Gasteiger partial charge in [-0.2, -0.15) is 0 Å². The lowest BCUT2D eigenvalue weighted by molar-refractivity contribution is 0.588. The second kappa shape index (κ2) is 7.58. The van der Waals surface area contributed by atoms with Gasteiger partial charge in [-0.25, -0.2) is 4.98 Å². The average molecular weight is 389 g/mol. The highest BCUT2D eigenvalue weighted by Gasteiger charge is 2.09. The Morgan fingerprint density at radius 1 is 1.43 bits per heavy atom. The summed E-state index contributed by atoms with van der Waals surface area (Å²) in [4.78, 5) is 7.85. The maximum atomic E-state index is 6.22. The molecule has 1 N–H and O–H groups in total. The van der Waals surface area contributed by atoms with Crippen molar-refractivity contribution in [3.8, 4) is 0 Å². The monoisotopic (exact) mass is 387 g/mol. The average Bonchev–Trinajstić information content (AvgIpc) is 2.83. The number of thiophene rings is 1. The smallest absolute Gasteiger partial charge is 0.128 e. The Morgan fingerprint density at radius 2 is 2.19 bits per heavy atom. The Bertz CT molecular complexity index is 600. The molecule has 0 unspecified atom stereocenters. The zero-order valence-corrected chi connectivity index (χ0v) is 15.5. The molecule has 0 amide bonds. The van der Waals surface area contributed by atoms with Crippen LogP contribution in [0.15, 0.2) is 28.2 Å². The highest BCUT2D eigenvalue weighted by atomic mass is 79.9. The van der Waals surface area contributed by atoms with Crippen molar-refractivity contribution in [2.75, 3.05) is 11.9 Å². The lowest BCUT2D eigenvalue weighted by atomic mass is 10.2. The van der Waals surface area contributed by atoms with E-state index in [9.17, 15) is 0 Å². The van der Waals surface area contributed by atoms with Gasteiger partial charge in [-0.05, 0) is 33.6 Å². The van der Waals surface area contributed by atoms with E-state index in [1.807, 2.05) is 7.05 Å². The van der Waals surface area contributed by atoms with Gasteiger partial charge in [0.05, 0.1) is 11.6 Å². The summed E-state index contributed by atoms with van der Waals surface area (Å²) >= 11 is 11.4. The van der Waals surface area contributed by atoms with E-state index in [1.54, 1.807) is 17.5 Å². The van der Waals surface area contributed by atoms with E-state index in [2.05, 4.69) is 62.5 Å². The van der Waals surface area contributed by atoms with Crippen LogP contribution in [0, 0.1) is 0 Å². The summed E-state index contributed by atoms with van der Waals surface area (Å²) in [6.07, 6.45) is 1.73. The molecule has 0 fully saturated rings. The Kier molecular flexibility index (Phi) is 6.05. The Morgan fingerprint density at radius 3 is 2.81 bits per heavy atom. The number of nitrogens with one attached hydrogen (secondary N) is 1. The van der Waals surface area contributed by atoms with Crippen molar-refractivity contribution in [2.24, 2.45) is 0 Å². The van der Waals surface area contributed by atoms with Crippen LogP contribution in [0.3, 0.4) is 0 Å². The second-order valence-electron chi connectivity index (χ2n) is 5.26. The fraction of sp³-hybridized carbons (Fsp3) is 0.400. The largest absolute Gasteiger partial charge is 0.355 e. The molecule has 2 aromatic rings. The van der Waals surface area contributed by atoms with E-state index < -0.39 is 0 Å². The number of rotatable bonds is 6. The SMILES string of the molecule is CC(C)NCc1cc(N(C)Cc2cc(Br)cs2)ncc1Cl. The van der Waals surface area contributed by atoms with Gasteiger partial charge in [0.25, 0.3) is 0 Å². The molecule has 2 aromatic heterocycles. The molecule has 0 aliphatic rings. The van der Waals surface area contributed by atoms with Crippen LogP contribution in [0.4, 0.5) is 5.82 Å². The van der Waals surface area contributed by atoms with Gasteiger partial charge in [-0.3, -0.25) is 0 Å². The standard InChI is InChI=1S/C15H19BrClN3S/c1-10(2)18-6-11-4-15(19-7-14(11)17)20(3)8-13-5-12(16)9-21-13/h4-5,7,9-10,18H,6,8H2,1-3H3. The van der Waals surface area contributed by atoms with Gasteiger partial charge in [-0.1, -0.05) is 25.4 Å². The Labute approximate surface area is 143 Å². The minimum absolute atomic E-state index is 0.430. The third kappa shape index (κ3) is 4.95. The first kappa shape index (κ1) is 16.7. The van der Waals surface area contributed by atoms with Crippen molar-refractivity contribution < 1.29 is 0 Å². The molecule has 2 rings (SSSR count). The molecule has 0 aliphatic carbocycles.